The van der Waals surface area contributed by atoms with Gasteiger partial charge in [-0.3, -0.25) is 4.79 Å². The number of rotatable bonds is 11. The van der Waals surface area contributed by atoms with E-state index in [1.807, 2.05) is 68.1 Å². The summed E-state index contributed by atoms with van der Waals surface area (Å²) < 4.78 is 41.5. The minimum Gasteiger partial charge on any atom is -0.456 e. The maximum Gasteiger partial charge on any atom is 0.338 e. The molecule has 0 amide bonds. The molecule has 1 aromatic carbocycles. The first-order valence-corrected chi connectivity index (χ1v) is 21.1. The predicted molar refractivity (Wildman–Crippen MR) is 175 cm³/mol. The third-order valence-electron chi connectivity index (χ3n) is 8.93. The summed E-state index contributed by atoms with van der Waals surface area (Å²) in [6, 6.07) is 6.64. The molecule has 10 heteroatoms. The van der Waals surface area contributed by atoms with Crippen LogP contribution in [-0.2, 0) is 24.0 Å². The highest BCUT2D eigenvalue weighted by Gasteiger charge is 2.66. The Balaban J connectivity index is 1.93. The molecule has 0 aromatic heterocycles. The largest absolute Gasteiger partial charge is 0.456 e. The van der Waals surface area contributed by atoms with E-state index < -0.39 is 41.4 Å². The Labute approximate surface area is 260 Å². The Morgan fingerprint density at radius 2 is 1.60 bits per heavy atom. The van der Waals surface area contributed by atoms with Gasteiger partial charge in [0.1, 0.15) is 11.7 Å². The van der Waals surface area contributed by atoms with E-state index in [-0.39, 0.29) is 33.6 Å². The van der Waals surface area contributed by atoms with Gasteiger partial charge in [0.25, 0.3) is 0 Å². The molecule has 0 N–H and O–H groups in total. The molecule has 42 heavy (non-hydrogen) atoms. The summed E-state index contributed by atoms with van der Waals surface area (Å²) >= 11 is 1.29. The van der Waals surface area contributed by atoms with Gasteiger partial charge in [-0.1, -0.05) is 37.7 Å². The summed E-state index contributed by atoms with van der Waals surface area (Å²) in [5, 5.41) is -0.222. The zero-order valence-corrected chi connectivity index (χ0v) is 30.4. The first-order chi connectivity index (χ1) is 19.0. The molecule has 238 valence electrons. The van der Waals surface area contributed by atoms with Gasteiger partial charge < -0.3 is 9.16 Å². The number of carbonyl (C=O) groups is 2. The smallest absolute Gasteiger partial charge is 0.338 e. The second-order valence-electron chi connectivity index (χ2n) is 15.3. The van der Waals surface area contributed by atoms with Crippen LogP contribution in [0.3, 0.4) is 0 Å². The summed E-state index contributed by atoms with van der Waals surface area (Å²) in [5.41, 5.74) is -0.215. The maximum atomic E-state index is 14.1. The fourth-order valence-corrected chi connectivity index (χ4v) is 12.7. The number of ether oxygens (including phenoxy) is 1. The normalized spacial score (nSPS) is 24.9. The third-order valence-corrected chi connectivity index (χ3v) is 13.6. The Morgan fingerprint density at radius 1 is 1.05 bits per heavy atom. The lowest BCUT2D eigenvalue weighted by Gasteiger charge is -2.44. The molecule has 2 fully saturated rings. The van der Waals surface area contributed by atoms with Crippen LogP contribution >= 0.6 is 11.8 Å². The van der Waals surface area contributed by atoms with Gasteiger partial charge in [-0.25, -0.2) is 13.2 Å². The van der Waals surface area contributed by atoms with Crippen LogP contribution in [0.1, 0.15) is 104 Å². The average Bonchev–Trinajstić information content (AvgIpc) is 3.14. The molecule has 0 heterocycles. The monoisotopic (exact) mass is 639 g/mol. The van der Waals surface area contributed by atoms with Crippen molar-refractivity contribution in [1.82, 2.24) is 4.31 Å². The standard InChI is InChI=1S/C32H53NO6S2Si/c1-21(2)33(22(3)4)41(36,37)20-32-18-17-25(31(32,8)9)19-26(32)40-29(35)27(39-42(10,11)12)23-13-15-24(16-14-23)28(34)38-30(5,6)7/h13-16,21-22,25-27H,17-20H2,1-12H3/t25-,26-,27?,32-/m1/s1. The van der Waals surface area contributed by atoms with Gasteiger partial charge >= 0.3 is 5.97 Å². The van der Waals surface area contributed by atoms with Crippen LogP contribution < -0.4 is 0 Å². The van der Waals surface area contributed by atoms with Gasteiger partial charge in [0, 0.05) is 22.7 Å². The second kappa shape index (κ2) is 12.3. The van der Waals surface area contributed by atoms with Crippen molar-refractivity contribution in [2.24, 2.45) is 16.7 Å². The fraction of sp³-hybridized carbons (Fsp3) is 0.750. The van der Waals surface area contributed by atoms with Gasteiger partial charge in [-0.2, -0.15) is 4.31 Å². The molecule has 4 atom stereocenters. The number of thioether (sulfide) groups is 1. The van der Waals surface area contributed by atoms with Crippen LogP contribution in [0, 0.1) is 16.7 Å². The van der Waals surface area contributed by atoms with E-state index in [4.69, 9.17) is 9.16 Å². The highest BCUT2D eigenvalue weighted by Crippen LogP contribution is 2.69. The Hall–Kier alpha value is -1.20. The summed E-state index contributed by atoms with van der Waals surface area (Å²) in [5.74, 6) is 0.00483. The highest BCUT2D eigenvalue weighted by molar-refractivity contribution is 8.14. The van der Waals surface area contributed by atoms with Crippen LogP contribution in [0.15, 0.2) is 24.3 Å². The zero-order chi connectivity index (χ0) is 32.1. The molecule has 2 bridgehead atoms. The summed E-state index contributed by atoms with van der Waals surface area (Å²) in [6.07, 6.45) is 1.80. The number of carbonyl (C=O) groups excluding carboxylic acids is 2. The lowest BCUT2D eigenvalue weighted by Crippen LogP contribution is -2.51. The molecular formula is C32H53NO6S2Si. The first kappa shape index (κ1) is 35.3. The molecule has 0 spiro atoms. The van der Waals surface area contributed by atoms with Gasteiger partial charge in [0.2, 0.25) is 15.1 Å². The van der Waals surface area contributed by atoms with Crippen molar-refractivity contribution in [3.63, 3.8) is 0 Å². The number of fused-ring (bicyclic) bond motifs is 2. The van der Waals surface area contributed by atoms with Gasteiger partial charge in [0.05, 0.1) is 11.3 Å². The van der Waals surface area contributed by atoms with E-state index in [2.05, 4.69) is 13.8 Å². The minimum absolute atomic E-state index is 0.0505. The summed E-state index contributed by atoms with van der Waals surface area (Å²) in [4.78, 5) is 26.7. The molecule has 1 unspecified atom stereocenters. The van der Waals surface area contributed by atoms with E-state index in [0.29, 0.717) is 17.0 Å². The summed E-state index contributed by atoms with van der Waals surface area (Å²) in [7, 11) is -5.73. The van der Waals surface area contributed by atoms with E-state index in [1.165, 1.54) is 11.8 Å². The first-order valence-electron chi connectivity index (χ1n) is 15.2. The van der Waals surface area contributed by atoms with E-state index in [1.54, 1.807) is 28.6 Å². The van der Waals surface area contributed by atoms with Crippen LogP contribution in [0.25, 0.3) is 0 Å². The fourth-order valence-electron chi connectivity index (χ4n) is 7.08. The van der Waals surface area contributed by atoms with Crippen LogP contribution in [0.5, 0.6) is 0 Å². The summed E-state index contributed by atoms with van der Waals surface area (Å²) in [6.45, 7) is 23.7. The Bertz CT molecular complexity index is 1240. The van der Waals surface area contributed by atoms with Crippen LogP contribution in [0.4, 0.5) is 0 Å². The average molecular weight is 640 g/mol. The maximum absolute atomic E-state index is 14.1. The van der Waals surface area contributed by atoms with Crippen LogP contribution in [0.2, 0.25) is 19.6 Å². The van der Waals surface area contributed by atoms with Crippen molar-refractivity contribution in [3.05, 3.63) is 35.4 Å². The van der Waals surface area contributed by atoms with Crippen molar-refractivity contribution >= 4 is 41.2 Å². The molecule has 2 aliphatic carbocycles. The van der Waals surface area contributed by atoms with Crippen molar-refractivity contribution in [2.45, 2.75) is 130 Å². The van der Waals surface area contributed by atoms with E-state index in [0.717, 1.165) is 19.3 Å². The van der Waals surface area contributed by atoms with Crippen molar-refractivity contribution in [2.75, 3.05) is 5.75 Å². The lowest BCUT2D eigenvalue weighted by atomic mass is 9.70. The van der Waals surface area contributed by atoms with E-state index >= 15 is 0 Å². The lowest BCUT2D eigenvalue weighted by molar-refractivity contribution is -0.117. The molecule has 2 saturated carbocycles. The van der Waals surface area contributed by atoms with Crippen molar-refractivity contribution in [3.8, 4) is 0 Å². The molecule has 2 aliphatic rings. The van der Waals surface area contributed by atoms with Crippen molar-refractivity contribution < 1.29 is 27.2 Å². The Kier molecular flexibility index (Phi) is 10.3. The predicted octanol–water partition coefficient (Wildman–Crippen LogP) is 7.44. The van der Waals surface area contributed by atoms with Crippen LogP contribution in [-0.4, -0.2) is 60.8 Å². The SMILES string of the molecule is CC(C)N(C(C)C)S(=O)(=O)C[C@]12CC[C@H](C[C@H]1SC(=O)C(O[Si](C)(C)C)c1ccc(C(=O)OC(C)(C)C)cc1)C2(C)C. The van der Waals surface area contributed by atoms with E-state index in [9.17, 15) is 18.0 Å². The molecule has 0 radical (unpaired) electrons. The minimum atomic E-state index is -3.57. The van der Waals surface area contributed by atoms with Crippen molar-refractivity contribution in [1.29, 1.82) is 0 Å². The quantitative estimate of drug-likeness (QED) is 0.184. The molecule has 7 nitrogen and oxygen atoms in total. The number of hydrogen-bond donors (Lipinski definition) is 0. The van der Waals surface area contributed by atoms with Gasteiger partial charge in [-0.05, 0) is 116 Å². The highest BCUT2D eigenvalue weighted by atomic mass is 32.2. The molecular weight excluding hydrogens is 587 g/mol. The van der Waals surface area contributed by atoms with Gasteiger partial charge in [-0.15, -0.1) is 0 Å². The Morgan fingerprint density at radius 3 is 2.05 bits per heavy atom. The number of sulfonamides is 1. The molecule has 1 aromatic rings. The molecule has 0 aliphatic heterocycles. The number of nitrogens with zero attached hydrogens (tertiary/aromatic N) is 1. The number of esters is 1. The topological polar surface area (TPSA) is 90.0 Å². The third kappa shape index (κ3) is 7.53. The molecule has 3 rings (SSSR count). The molecule has 0 saturated heterocycles. The second-order valence-corrected chi connectivity index (χ2v) is 22.8. The number of hydrogen-bond acceptors (Lipinski definition) is 7. The van der Waals surface area contributed by atoms with Gasteiger partial charge in [0.15, 0.2) is 8.32 Å². The zero-order valence-electron chi connectivity index (χ0n) is 27.7. The number of benzene rings is 1.